The molecule has 4 nitrogen and oxygen atoms in total. The molecule has 0 bridgehead atoms. The van der Waals surface area contributed by atoms with Gasteiger partial charge in [0.15, 0.2) is 0 Å². The van der Waals surface area contributed by atoms with Crippen LogP contribution in [-0.2, 0) is 7.05 Å². The minimum Gasteiger partial charge on any atom is -0.313 e. The van der Waals surface area contributed by atoms with Crippen LogP contribution in [0, 0.1) is 0 Å². The van der Waals surface area contributed by atoms with Crippen LogP contribution in [0.3, 0.4) is 0 Å². The zero-order valence-electron chi connectivity index (χ0n) is 12.9. The Morgan fingerprint density at radius 3 is 2.71 bits per heavy atom. The maximum absolute atomic E-state index is 4.89. The molecule has 0 aliphatic rings. The van der Waals surface area contributed by atoms with Crippen LogP contribution in [0.2, 0.25) is 0 Å². The van der Waals surface area contributed by atoms with Crippen molar-refractivity contribution >= 4 is 59.4 Å². The number of thiophene rings is 1. The van der Waals surface area contributed by atoms with Crippen molar-refractivity contribution in [3.05, 3.63) is 54.9 Å². The predicted octanol–water partition coefficient (Wildman–Crippen LogP) is 4.74. The lowest BCUT2D eigenvalue weighted by atomic mass is 10.1. The third kappa shape index (κ3) is 1.39. The molecule has 4 aromatic heterocycles. The minimum atomic E-state index is 0.981. The Morgan fingerprint density at radius 1 is 0.917 bits per heavy atom. The Hall–Kier alpha value is -2.92. The number of aryl methyl sites for hydroxylation is 1. The number of imidazole rings is 2. The SMILES string of the molecule is Cn1c2ccccc2n2c3cc4c(cc3nc12)sc1cnccc14. The van der Waals surface area contributed by atoms with Gasteiger partial charge < -0.3 is 4.57 Å². The van der Waals surface area contributed by atoms with Crippen LogP contribution in [0.15, 0.2) is 54.9 Å². The number of para-hydroxylation sites is 2. The van der Waals surface area contributed by atoms with Crippen molar-refractivity contribution in [3.8, 4) is 0 Å². The molecule has 5 heteroatoms. The normalized spacial score (nSPS) is 12.4. The minimum absolute atomic E-state index is 0.981. The molecule has 0 atom stereocenters. The molecule has 4 heterocycles. The maximum atomic E-state index is 4.89. The summed E-state index contributed by atoms with van der Waals surface area (Å²) in [6, 6.07) is 15.0. The molecule has 0 saturated heterocycles. The topological polar surface area (TPSA) is 35.1 Å². The second-order valence-electron chi connectivity index (χ2n) is 6.11. The van der Waals surface area contributed by atoms with Crippen molar-refractivity contribution in [1.29, 1.82) is 0 Å². The van der Waals surface area contributed by atoms with Crippen molar-refractivity contribution in [2.24, 2.45) is 7.05 Å². The van der Waals surface area contributed by atoms with Gasteiger partial charge in [-0.15, -0.1) is 11.3 Å². The summed E-state index contributed by atoms with van der Waals surface area (Å²) in [5.41, 5.74) is 4.59. The van der Waals surface area contributed by atoms with Crippen LogP contribution in [-0.4, -0.2) is 18.9 Å². The van der Waals surface area contributed by atoms with E-state index in [-0.39, 0.29) is 0 Å². The molecular weight excluding hydrogens is 316 g/mol. The van der Waals surface area contributed by atoms with Crippen molar-refractivity contribution in [1.82, 2.24) is 18.9 Å². The van der Waals surface area contributed by atoms with Gasteiger partial charge in [-0.25, -0.2) is 4.98 Å². The van der Waals surface area contributed by atoms with Gasteiger partial charge in [-0.2, -0.15) is 0 Å². The van der Waals surface area contributed by atoms with Crippen molar-refractivity contribution in [3.63, 3.8) is 0 Å². The van der Waals surface area contributed by atoms with E-state index in [4.69, 9.17) is 4.98 Å². The van der Waals surface area contributed by atoms with Crippen LogP contribution in [0.4, 0.5) is 0 Å². The van der Waals surface area contributed by atoms with Crippen LogP contribution >= 0.6 is 11.3 Å². The first-order valence-electron chi connectivity index (χ1n) is 7.83. The highest BCUT2D eigenvalue weighted by Crippen LogP contribution is 2.36. The summed E-state index contributed by atoms with van der Waals surface area (Å²) in [5, 5.41) is 2.54. The van der Waals surface area contributed by atoms with Gasteiger partial charge in [0, 0.05) is 34.9 Å². The van der Waals surface area contributed by atoms with Crippen LogP contribution in [0.25, 0.3) is 48.0 Å². The Balaban J connectivity index is 1.89. The van der Waals surface area contributed by atoms with Gasteiger partial charge >= 0.3 is 0 Å². The van der Waals surface area contributed by atoms with E-state index in [0.717, 1.165) is 16.8 Å². The number of benzene rings is 2. The highest BCUT2D eigenvalue weighted by molar-refractivity contribution is 7.25. The highest BCUT2D eigenvalue weighted by Gasteiger charge is 2.15. The van der Waals surface area contributed by atoms with E-state index in [1.807, 2.05) is 12.4 Å². The first-order chi connectivity index (χ1) is 11.8. The van der Waals surface area contributed by atoms with Gasteiger partial charge in [-0.3, -0.25) is 9.38 Å². The third-order valence-electron chi connectivity index (χ3n) is 4.82. The van der Waals surface area contributed by atoms with Crippen molar-refractivity contribution in [2.75, 3.05) is 0 Å². The number of hydrogen-bond donors (Lipinski definition) is 0. The van der Waals surface area contributed by atoms with Gasteiger partial charge in [0.25, 0.3) is 0 Å². The summed E-state index contributed by atoms with van der Waals surface area (Å²) in [6.07, 6.45) is 3.81. The fourth-order valence-electron chi connectivity index (χ4n) is 3.70. The Bertz CT molecular complexity index is 1420. The lowest BCUT2D eigenvalue weighted by molar-refractivity contribution is 0.974. The van der Waals surface area contributed by atoms with Gasteiger partial charge in [0.05, 0.1) is 26.8 Å². The summed E-state index contributed by atoms with van der Waals surface area (Å²) in [6.45, 7) is 0. The van der Waals surface area contributed by atoms with Gasteiger partial charge in [-0.1, -0.05) is 12.1 Å². The van der Waals surface area contributed by atoms with E-state index < -0.39 is 0 Å². The van der Waals surface area contributed by atoms with Gasteiger partial charge in [0.1, 0.15) is 0 Å². The number of rotatable bonds is 0. The van der Waals surface area contributed by atoms with E-state index in [2.05, 4.69) is 63.5 Å². The molecule has 0 aliphatic heterocycles. The molecule has 24 heavy (non-hydrogen) atoms. The number of nitrogens with zero attached hydrogens (tertiary/aromatic N) is 4. The number of hydrogen-bond acceptors (Lipinski definition) is 3. The summed E-state index contributed by atoms with van der Waals surface area (Å²) >= 11 is 1.78. The van der Waals surface area contributed by atoms with Crippen molar-refractivity contribution in [2.45, 2.75) is 0 Å². The molecule has 0 N–H and O–H groups in total. The summed E-state index contributed by atoms with van der Waals surface area (Å²) in [7, 11) is 2.08. The molecule has 0 radical (unpaired) electrons. The average Bonchev–Trinajstić information content (AvgIpc) is 3.24. The largest absolute Gasteiger partial charge is 0.313 e. The quantitative estimate of drug-likeness (QED) is 0.403. The standard InChI is InChI=1S/C19H12N4S/c1-22-14-4-2-3-5-15(14)23-16-8-12-11-6-7-20-10-18(11)24-17(12)9-13(16)21-19(22)23/h2-10H,1H3. The van der Waals surface area contributed by atoms with E-state index in [1.165, 1.54) is 31.2 Å². The third-order valence-corrected chi connectivity index (χ3v) is 5.92. The highest BCUT2D eigenvalue weighted by atomic mass is 32.1. The van der Waals surface area contributed by atoms with E-state index in [1.54, 1.807) is 11.3 Å². The Labute approximate surface area is 140 Å². The van der Waals surface area contributed by atoms with E-state index in [0.29, 0.717) is 0 Å². The van der Waals surface area contributed by atoms with Crippen LogP contribution in [0.1, 0.15) is 0 Å². The lowest BCUT2D eigenvalue weighted by Crippen LogP contribution is -1.87. The predicted molar refractivity (Wildman–Crippen MR) is 99.9 cm³/mol. The van der Waals surface area contributed by atoms with Crippen LogP contribution < -0.4 is 0 Å². The molecule has 6 rings (SSSR count). The molecule has 0 aliphatic carbocycles. The maximum Gasteiger partial charge on any atom is 0.215 e. The average molecular weight is 328 g/mol. The first kappa shape index (κ1) is 12.5. The Kier molecular flexibility index (Phi) is 2.15. The van der Waals surface area contributed by atoms with Gasteiger partial charge in [-0.05, 0) is 30.3 Å². The zero-order chi connectivity index (χ0) is 15.8. The molecular formula is C19H12N4S. The second-order valence-corrected chi connectivity index (χ2v) is 7.19. The summed E-state index contributed by atoms with van der Waals surface area (Å²) < 4.78 is 6.90. The van der Waals surface area contributed by atoms with E-state index in [9.17, 15) is 0 Å². The van der Waals surface area contributed by atoms with Gasteiger partial charge in [0.2, 0.25) is 5.78 Å². The Morgan fingerprint density at radius 2 is 1.79 bits per heavy atom. The molecule has 0 fully saturated rings. The molecule has 2 aromatic carbocycles. The van der Waals surface area contributed by atoms with Crippen molar-refractivity contribution < 1.29 is 0 Å². The lowest BCUT2D eigenvalue weighted by Gasteiger charge is -1.96. The molecule has 0 saturated carbocycles. The number of pyridine rings is 1. The number of fused-ring (bicyclic) bond motifs is 8. The summed E-state index contributed by atoms with van der Waals surface area (Å²) in [5.74, 6) is 0.981. The zero-order valence-corrected chi connectivity index (χ0v) is 13.7. The first-order valence-corrected chi connectivity index (χ1v) is 8.65. The van der Waals surface area contributed by atoms with Crippen LogP contribution in [0.5, 0.6) is 0 Å². The van der Waals surface area contributed by atoms with E-state index >= 15 is 0 Å². The fraction of sp³-hybridized carbons (Fsp3) is 0.0526. The molecule has 0 amide bonds. The fourth-order valence-corrected chi connectivity index (χ4v) is 4.78. The molecule has 6 aromatic rings. The summed E-state index contributed by atoms with van der Waals surface area (Å²) in [4.78, 5) is 9.13. The monoisotopic (exact) mass is 328 g/mol. The molecule has 0 spiro atoms. The number of aromatic nitrogens is 4. The second kappa shape index (κ2) is 4.13. The molecule has 0 unspecified atom stereocenters. The smallest absolute Gasteiger partial charge is 0.215 e. The molecule has 114 valence electrons.